The molecule has 6 heteroatoms. The molecule has 1 atom stereocenters. The van der Waals surface area contributed by atoms with Crippen molar-refractivity contribution in [3.63, 3.8) is 0 Å². The molecule has 0 saturated heterocycles. The minimum absolute atomic E-state index is 0.0516. The number of hydrogen-bond donors (Lipinski definition) is 1. The number of nitrogens with two attached hydrogens (primary N) is 1. The van der Waals surface area contributed by atoms with Crippen molar-refractivity contribution < 1.29 is 0 Å². The van der Waals surface area contributed by atoms with Crippen LogP contribution in [0.1, 0.15) is 41.6 Å². The molecule has 0 radical (unpaired) electrons. The summed E-state index contributed by atoms with van der Waals surface area (Å²) in [6.45, 7) is 2.17. The fourth-order valence-corrected chi connectivity index (χ4v) is 5.25. The van der Waals surface area contributed by atoms with Crippen molar-refractivity contribution in [3.8, 4) is 11.1 Å². The Hall–Kier alpha value is -3.83. The first-order valence-electron chi connectivity index (χ1n) is 12.1. The molecule has 2 heterocycles. The number of halogens is 1. The van der Waals surface area contributed by atoms with Gasteiger partial charge in [0.15, 0.2) is 0 Å². The summed E-state index contributed by atoms with van der Waals surface area (Å²) in [4.78, 5) is 18.6. The van der Waals surface area contributed by atoms with Crippen LogP contribution < -0.4 is 11.3 Å². The summed E-state index contributed by atoms with van der Waals surface area (Å²) >= 11 is 6.25. The highest BCUT2D eigenvalue weighted by Crippen LogP contribution is 2.40. The molecule has 1 unspecified atom stereocenters. The standard InChI is InChI=1S/C30H29ClN4O/c1-4-6-19-7-5-8-21(15-19)27-24-16-23(32)13-14-25(24)35(3)30(36)29(27)28(26-17-33-18-34(26)2)20-9-11-22(31)12-10-20/h5,7-18,28H,4,6,32H2,1-3H3. The summed E-state index contributed by atoms with van der Waals surface area (Å²) in [6.07, 6.45) is 5.61. The predicted octanol–water partition coefficient (Wildman–Crippen LogP) is 6.31. The second kappa shape index (κ2) is 9.67. The number of aryl methyl sites for hydroxylation is 3. The molecule has 3 aromatic carbocycles. The predicted molar refractivity (Wildman–Crippen MR) is 149 cm³/mol. The molecular formula is C30H29ClN4O. The van der Waals surface area contributed by atoms with Gasteiger partial charge in [-0.2, -0.15) is 0 Å². The molecule has 0 amide bonds. The van der Waals surface area contributed by atoms with Gasteiger partial charge in [-0.05, 0) is 53.4 Å². The van der Waals surface area contributed by atoms with Gasteiger partial charge in [0.1, 0.15) is 0 Å². The van der Waals surface area contributed by atoms with Gasteiger partial charge in [0, 0.05) is 53.2 Å². The molecule has 0 spiro atoms. The zero-order valence-corrected chi connectivity index (χ0v) is 21.5. The normalized spacial score (nSPS) is 12.2. The number of pyridine rings is 1. The van der Waals surface area contributed by atoms with Crippen molar-refractivity contribution in [3.05, 3.63) is 117 Å². The van der Waals surface area contributed by atoms with Gasteiger partial charge in [0.25, 0.3) is 5.56 Å². The maximum absolute atomic E-state index is 14.2. The molecule has 0 aliphatic carbocycles. The topological polar surface area (TPSA) is 65.8 Å². The summed E-state index contributed by atoms with van der Waals surface area (Å²) < 4.78 is 3.70. The summed E-state index contributed by atoms with van der Waals surface area (Å²) in [6, 6.07) is 21.9. The number of nitrogens with zero attached hydrogens (tertiary/aromatic N) is 3. The van der Waals surface area contributed by atoms with Crippen LogP contribution in [-0.4, -0.2) is 14.1 Å². The van der Waals surface area contributed by atoms with Crippen LogP contribution in [0.2, 0.25) is 5.02 Å². The Bertz CT molecular complexity index is 1620. The van der Waals surface area contributed by atoms with Gasteiger partial charge < -0.3 is 14.9 Å². The molecular weight excluding hydrogens is 468 g/mol. The van der Waals surface area contributed by atoms with Crippen molar-refractivity contribution in [2.24, 2.45) is 14.1 Å². The largest absolute Gasteiger partial charge is 0.399 e. The van der Waals surface area contributed by atoms with Gasteiger partial charge in [0.05, 0.1) is 17.8 Å². The van der Waals surface area contributed by atoms with Crippen molar-refractivity contribution in [1.29, 1.82) is 0 Å². The van der Waals surface area contributed by atoms with Gasteiger partial charge in [-0.15, -0.1) is 0 Å². The average Bonchev–Trinajstić information content (AvgIpc) is 3.29. The van der Waals surface area contributed by atoms with Crippen molar-refractivity contribution in [2.45, 2.75) is 25.7 Å². The summed E-state index contributed by atoms with van der Waals surface area (Å²) in [5.41, 5.74) is 13.5. The smallest absolute Gasteiger partial charge is 0.255 e. The number of fused-ring (bicyclic) bond motifs is 1. The van der Waals surface area contributed by atoms with Crippen LogP contribution in [-0.2, 0) is 20.5 Å². The zero-order chi connectivity index (χ0) is 25.4. The molecule has 5 rings (SSSR count). The van der Waals surface area contributed by atoms with Crippen LogP contribution in [0.3, 0.4) is 0 Å². The fourth-order valence-electron chi connectivity index (χ4n) is 5.12. The first-order valence-corrected chi connectivity index (χ1v) is 12.5. The Kier molecular flexibility index (Phi) is 6.42. The molecule has 5 nitrogen and oxygen atoms in total. The molecule has 0 aliphatic heterocycles. The van der Waals surface area contributed by atoms with Crippen LogP contribution >= 0.6 is 11.6 Å². The van der Waals surface area contributed by atoms with Crippen molar-refractivity contribution >= 4 is 28.2 Å². The Labute approximate surface area is 215 Å². The number of rotatable bonds is 6. The summed E-state index contributed by atoms with van der Waals surface area (Å²) in [7, 11) is 3.78. The third-order valence-corrected chi connectivity index (χ3v) is 7.10. The molecule has 5 aromatic rings. The molecule has 0 bridgehead atoms. The second-order valence-corrected chi connectivity index (χ2v) is 9.73. The minimum Gasteiger partial charge on any atom is -0.399 e. The first kappa shape index (κ1) is 23.9. The lowest BCUT2D eigenvalue weighted by molar-refractivity contribution is 0.774. The van der Waals surface area contributed by atoms with Crippen LogP contribution in [0, 0.1) is 0 Å². The monoisotopic (exact) mass is 496 g/mol. The highest BCUT2D eigenvalue weighted by atomic mass is 35.5. The third kappa shape index (κ3) is 4.20. The quantitative estimate of drug-likeness (QED) is 0.280. The zero-order valence-electron chi connectivity index (χ0n) is 20.7. The molecule has 2 aromatic heterocycles. The Morgan fingerprint density at radius 3 is 2.50 bits per heavy atom. The van der Waals surface area contributed by atoms with Crippen molar-refractivity contribution in [2.75, 3.05) is 5.73 Å². The van der Waals surface area contributed by atoms with Gasteiger partial charge in [-0.25, -0.2) is 4.98 Å². The van der Waals surface area contributed by atoms with E-state index in [4.69, 9.17) is 17.3 Å². The fraction of sp³-hybridized carbons (Fsp3) is 0.200. The minimum atomic E-state index is -0.357. The number of anilines is 1. The maximum Gasteiger partial charge on any atom is 0.255 e. The van der Waals surface area contributed by atoms with E-state index in [2.05, 4.69) is 36.2 Å². The van der Waals surface area contributed by atoms with E-state index < -0.39 is 0 Å². The first-order chi connectivity index (χ1) is 17.4. The van der Waals surface area contributed by atoms with Gasteiger partial charge in [-0.1, -0.05) is 61.3 Å². The van der Waals surface area contributed by atoms with E-state index in [-0.39, 0.29) is 11.5 Å². The molecule has 0 aliphatic rings. The lowest BCUT2D eigenvalue weighted by atomic mass is 9.82. The average molecular weight is 497 g/mol. The van der Waals surface area contributed by atoms with Crippen LogP contribution in [0.25, 0.3) is 22.0 Å². The highest BCUT2D eigenvalue weighted by molar-refractivity contribution is 6.30. The van der Waals surface area contributed by atoms with Crippen LogP contribution in [0.15, 0.2) is 84.0 Å². The molecule has 182 valence electrons. The van der Waals surface area contributed by atoms with Gasteiger partial charge >= 0.3 is 0 Å². The Balaban J connectivity index is 1.94. The second-order valence-electron chi connectivity index (χ2n) is 9.29. The number of aromatic nitrogens is 3. The van der Waals surface area contributed by atoms with E-state index in [9.17, 15) is 4.79 Å². The SMILES string of the molecule is CCCc1cccc(-c2c(C(c3ccc(Cl)cc3)c3cncn3C)c(=O)n(C)c3ccc(N)cc23)c1. The number of benzene rings is 3. The number of imidazole rings is 1. The van der Waals surface area contributed by atoms with Crippen LogP contribution in [0.4, 0.5) is 5.69 Å². The number of hydrogen-bond acceptors (Lipinski definition) is 3. The van der Waals surface area contributed by atoms with Crippen molar-refractivity contribution in [1.82, 2.24) is 14.1 Å². The summed E-state index contributed by atoms with van der Waals surface area (Å²) in [5.74, 6) is -0.357. The lowest BCUT2D eigenvalue weighted by Crippen LogP contribution is -2.27. The van der Waals surface area contributed by atoms with E-state index in [1.807, 2.05) is 67.3 Å². The van der Waals surface area contributed by atoms with Gasteiger partial charge in [0.2, 0.25) is 0 Å². The Morgan fingerprint density at radius 1 is 1.03 bits per heavy atom. The van der Waals surface area contributed by atoms with E-state index in [1.54, 1.807) is 10.9 Å². The molecule has 0 saturated carbocycles. The Morgan fingerprint density at radius 2 is 1.81 bits per heavy atom. The number of nitrogen functional groups attached to an aromatic ring is 1. The molecule has 0 fully saturated rings. The van der Waals surface area contributed by atoms with Crippen LogP contribution in [0.5, 0.6) is 0 Å². The van der Waals surface area contributed by atoms with Gasteiger partial charge in [-0.3, -0.25) is 4.79 Å². The van der Waals surface area contributed by atoms with E-state index in [0.717, 1.165) is 46.1 Å². The van der Waals surface area contributed by atoms with E-state index in [0.29, 0.717) is 16.3 Å². The van der Waals surface area contributed by atoms with E-state index >= 15 is 0 Å². The summed E-state index contributed by atoms with van der Waals surface area (Å²) in [5, 5.41) is 1.59. The highest BCUT2D eigenvalue weighted by Gasteiger charge is 2.29. The van der Waals surface area contributed by atoms with E-state index in [1.165, 1.54) is 5.56 Å². The maximum atomic E-state index is 14.2. The molecule has 36 heavy (non-hydrogen) atoms. The lowest BCUT2D eigenvalue weighted by Gasteiger charge is -2.24. The molecule has 2 N–H and O–H groups in total. The third-order valence-electron chi connectivity index (χ3n) is 6.85.